The van der Waals surface area contributed by atoms with Gasteiger partial charge in [0, 0.05) is 38.0 Å². The molecular weight excluding hydrogens is 306 g/mol. The highest BCUT2D eigenvalue weighted by Gasteiger charge is 2.14. The summed E-state index contributed by atoms with van der Waals surface area (Å²) < 4.78 is 0. The molecule has 0 radical (unpaired) electrons. The average molecular weight is 338 g/mol. The summed E-state index contributed by atoms with van der Waals surface area (Å²) in [5.41, 5.74) is 1.17. The summed E-state index contributed by atoms with van der Waals surface area (Å²) in [6, 6.07) is 0. The number of likely N-dealkylation sites (tertiary alicyclic amines) is 1. The zero-order chi connectivity index (χ0) is 16.5. The van der Waals surface area contributed by atoms with Crippen molar-refractivity contribution in [1.82, 2.24) is 20.5 Å². The summed E-state index contributed by atoms with van der Waals surface area (Å²) in [5.74, 6) is 1.53. The van der Waals surface area contributed by atoms with Crippen LogP contribution >= 0.6 is 11.3 Å². The Bertz CT molecular complexity index is 479. The maximum atomic E-state index is 4.74. The number of aromatic nitrogens is 1. The zero-order valence-corrected chi connectivity index (χ0v) is 15.6. The van der Waals surface area contributed by atoms with Gasteiger partial charge in [0.05, 0.1) is 10.7 Å². The second-order valence-corrected chi connectivity index (χ2v) is 7.43. The predicted molar refractivity (Wildman–Crippen MR) is 99.4 cm³/mol. The van der Waals surface area contributed by atoms with Gasteiger partial charge in [-0.1, -0.05) is 6.92 Å². The standard InChI is InChI=1S/C17H31N5S/c1-4-18-17(19-8-7-16-13-23-15(3)21-16)20-11-14(2)12-22-9-5-6-10-22/h13-14H,4-12H2,1-3H3,(H2,18,19,20). The maximum absolute atomic E-state index is 4.74. The Labute approximate surface area is 144 Å². The molecule has 1 aliphatic rings. The van der Waals surface area contributed by atoms with Gasteiger partial charge in [-0.25, -0.2) is 4.98 Å². The number of rotatable bonds is 8. The summed E-state index contributed by atoms with van der Waals surface area (Å²) >= 11 is 1.71. The number of hydrogen-bond donors (Lipinski definition) is 2. The van der Waals surface area contributed by atoms with Gasteiger partial charge in [-0.2, -0.15) is 0 Å². The Morgan fingerprint density at radius 3 is 2.83 bits per heavy atom. The summed E-state index contributed by atoms with van der Waals surface area (Å²) in [4.78, 5) is 11.8. The van der Waals surface area contributed by atoms with Crippen molar-refractivity contribution in [3.63, 3.8) is 0 Å². The van der Waals surface area contributed by atoms with Crippen molar-refractivity contribution in [1.29, 1.82) is 0 Å². The maximum Gasteiger partial charge on any atom is 0.191 e. The van der Waals surface area contributed by atoms with E-state index < -0.39 is 0 Å². The molecule has 6 heteroatoms. The Morgan fingerprint density at radius 1 is 1.39 bits per heavy atom. The van der Waals surface area contributed by atoms with Gasteiger partial charge in [-0.3, -0.25) is 4.99 Å². The van der Waals surface area contributed by atoms with Crippen LogP contribution in [0.1, 0.15) is 37.4 Å². The van der Waals surface area contributed by atoms with Gasteiger partial charge in [0.15, 0.2) is 5.96 Å². The number of hydrogen-bond acceptors (Lipinski definition) is 4. The molecule has 2 heterocycles. The van der Waals surface area contributed by atoms with Crippen LogP contribution in [-0.2, 0) is 6.42 Å². The molecule has 1 aromatic rings. The van der Waals surface area contributed by atoms with E-state index in [1.807, 2.05) is 0 Å². The van der Waals surface area contributed by atoms with E-state index in [1.54, 1.807) is 11.3 Å². The molecule has 0 spiro atoms. The summed E-state index contributed by atoms with van der Waals surface area (Å²) in [6.07, 6.45) is 3.66. The number of thiazole rings is 1. The Kier molecular flexibility index (Phi) is 7.82. The molecule has 2 N–H and O–H groups in total. The van der Waals surface area contributed by atoms with E-state index in [0.717, 1.165) is 37.0 Å². The fourth-order valence-electron chi connectivity index (χ4n) is 2.88. The van der Waals surface area contributed by atoms with Crippen molar-refractivity contribution in [2.75, 3.05) is 39.3 Å². The second kappa shape index (κ2) is 9.88. The molecule has 0 amide bonds. The number of nitrogens with zero attached hydrogens (tertiary/aromatic N) is 3. The lowest BCUT2D eigenvalue weighted by atomic mass is 10.2. The zero-order valence-electron chi connectivity index (χ0n) is 14.8. The monoisotopic (exact) mass is 337 g/mol. The Hall–Kier alpha value is -1.14. The molecule has 0 saturated carbocycles. The van der Waals surface area contributed by atoms with Gasteiger partial charge in [-0.05, 0) is 45.7 Å². The van der Waals surface area contributed by atoms with Gasteiger partial charge in [0.1, 0.15) is 0 Å². The normalized spacial score (nSPS) is 17.4. The highest BCUT2D eigenvalue weighted by Crippen LogP contribution is 2.10. The van der Waals surface area contributed by atoms with Crippen LogP contribution in [0.3, 0.4) is 0 Å². The molecule has 1 unspecified atom stereocenters. The molecule has 0 aliphatic carbocycles. The largest absolute Gasteiger partial charge is 0.357 e. The Balaban J connectivity index is 1.72. The van der Waals surface area contributed by atoms with Crippen molar-refractivity contribution >= 4 is 17.3 Å². The fourth-order valence-corrected chi connectivity index (χ4v) is 3.53. The van der Waals surface area contributed by atoms with Crippen molar-refractivity contribution in [3.05, 3.63) is 16.1 Å². The van der Waals surface area contributed by atoms with Gasteiger partial charge >= 0.3 is 0 Å². The highest BCUT2D eigenvalue weighted by molar-refractivity contribution is 7.09. The van der Waals surface area contributed by atoms with E-state index in [-0.39, 0.29) is 0 Å². The molecule has 5 nitrogen and oxygen atoms in total. The molecule has 1 aliphatic heterocycles. The number of guanidine groups is 1. The van der Waals surface area contributed by atoms with Crippen LogP contribution in [-0.4, -0.2) is 55.1 Å². The minimum absolute atomic E-state index is 0.602. The number of aryl methyl sites for hydroxylation is 1. The number of nitrogens with one attached hydrogen (secondary N) is 2. The summed E-state index contributed by atoms with van der Waals surface area (Å²) in [7, 11) is 0. The van der Waals surface area contributed by atoms with E-state index >= 15 is 0 Å². The first-order valence-corrected chi connectivity index (χ1v) is 9.71. The summed E-state index contributed by atoms with van der Waals surface area (Å²) in [6.45, 7) is 12.8. The first-order valence-electron chi connectivity index (χ1n) is 8.83. The van der Waals surface area contributed by atoms with E-state index in [4.69, 9.17) is 4.99 Å². The van der Waals surface area contributed by atoms with Crippen molar-refractivity contribution in [2.45, 2.75) is 40.0 Å². The molecule has 2 rings (SSSR count). The van der Waals surface area contributed by atoms with Crippen LogP contribution in [0.25, 0.3) is 0 Å². The van der Waals surface area contributed by atoms with Crippen molar-refractivity contribution < 1.29 is 0 Å². The molecule has 1 fully saturated rings. The van der Waals surface area contributed by atoms with Crippen molar-refractivity contribution in [2.24, 2.45) is 10.9 Å². The minimum atomic E-state index is 0.602. The highest BCUT2D eigenvalue weighted by atomic mass is 32.1. The average Bonchev–Trinajstić information content (AvgIpc) is 3.16. The third kappa shape index (κ3) is 6.87. The van der Waals surface area contributed by atoms with E-state index in [0.29, 0.717) is 5.92 Å². The van der Waals surface area contributed by atoms with Gasteiger partial charge in [-0.15, -0.1) is 11.3 Å². The van der Waals surface area contributed by atoms with Gasteiger partial charge in [0.2, 0.25) is 0 Å². The van der Waals surface area contributed by atoms with Crippen LogP contribution in [0.4, 0.5) is 0 Å². The van der Waals surface area contributed by atoms with Crippen LogP contribution in [0.15, 0.2) is 10.4 Å². The Morgan fingerprint density at radius 2 is 2.17 bits per heavy atom. The first-order chi connectivity index (χ1) is 11.2. The molecule has 1 atom stereocenters. The van der Waals surface area contributed by atoms with Crippen LogP contribution in [0.2, 0.25) is 0 Å². The van der Waals surface area contributed by atoms with Crippen LogP contribution in [0, 0.1) is 12.8 Å². The van der Waals surface area contributed by atoms with E-state index in [2.05, 4.69) is 46.7 Å². The molecule has 1 aromatic heterocycles. The smallest absolute Gasteiger partial charge is 0.191 e. The first kappa shape index (κ1) is 18.2. The molecular formula is C17H31N5S. The molecule has 23 heavy (non-hydrogen) atoms. The summed E-state index contributed by atoms with van der Waals surface area (Å²) in [5, 5.41) is 10.0. The quantitative estimate of drug-likeness (QED) is 0.564. The lowest BCUT2D eigenvalue weighted by Gasteiger charge is -2.19. The second-order valence-electron chi connectivity index (χ2n) is 6.37. The van der Waals surface area contributed by atoms with Crippen LogP contribution < -0.4 is 10.6 Å². The van der Waals surface area contributed by atoms with Gasteiger partial charge in [0.25, 0.3) is 0 Å². The lowest BCUT2D eigenvalue weighted by molar-refractivity contribution is 0.291. The SMILES string of the molecule is CCNC(=NCC(C)CN1CCCC1)NCCc1csc(C)n1. The third-order valence-electron chi connectivity index (χ3n) is 4.01. The van der Waals surface area contributed by atoms with E-state index in [1.165, 1.54) is 38.2 Å². The third-order valence-corrected chi connectivity index (χ3v) is 4.84. The van der Waals surface area contributed by atoms with Gasteiger partial charge < -0.3 is 15.5 Å². The predicted octanol–water partition coefficient (Wildman–Crippen LogP) is 2.28. The van der Waals surface area contributed by atoms with E-state index in [9.17, 15) is 0 Å². The van der Waals surface area contributed by atoms with Crippen LogP contribution in [0.5, 0.6) is 0 Å². The topological polar surface area (TPSA) is 52.6 Å². The number of aliphatic imine (C=N–C) groups is 1. The fraction of sp³-hybridized carbons (Fsp3) is 0.765. The molecule has 1 saturated heterocycles. The van der Waals surface area contributed by atoms with Crippen molar-refractivity contribution in [3.8, 4) is 0 Å². The minimum Gasteiger partial charge on any atom is -0.357 e. The molecule has 0 aromatic carbocycles. The lowest BCUT2D eigenvalue weighted by Crippen LogP contribution is -2.39. The molecule has 130 valence electrons. The molecule has 0 bridgehead atoms.